The molecule has 2 N–H and O–H groups in total. The highest BCUT2D eigenvalue weighted by Crippen LogP contribution is 2.18. The molecule has 1 aromatic rings. The lowest BCUT2D eigenvalue weighted by atomic mass is 9.99. The molecule has 2 amide bonds. The number of piperidine rings is 1. The number of nitrogens with zero attached hydrogens (tertiary/aromatic N) is 1. The van der Waals surface area contributed by atoms with Crippen LogP contribution in [0.2, 0.25) is 0 Å². The largest absolute Gasteiger partial charge is 0.481 e. The van der Waals surface area contributed by atoms with Crippen LogP contribution in [0.1, 0.15) is 30.1 Å². The van der Waals surface area contributed by atoms with Crippen LogP contribution in [0.3, 0.4) is 0 Å². The Morgan fingerprint density at radius 1 is 1.39 bits per heavy atom. The van der Waals surface area contributed by atoms with Gasteiger partial charge in [0.05, 0.1) is 18.1 Å². The molecule has 0 aromatic heterocycles. The minimum absolute atomic E-state index is 0.193. The molecule has 1 aliphatic heterocycles. The van der Waals surface area contributed by atoms with Gasteiger partial charge < -0.3 is 20.1 Å². The summed E-state index contributed by atoms with van der Waals surface area (Å²) in [6, 6.07) is 6.10. The fourth-order valence-electron chi connectivity index (χ4n) is 2.50. The Labute approximate surface area is 134 Å². The highest BCUT2D eigenvalue weighted by atomic mass is 16.5. The van der Waals surface area contributed by atoms with Crippen molar-refractivity contribution < 1.29 is 24.2 Å². The predicted octanol–water partition coefficient (Wildman–Crippen LogP) is 2.19. The van der Waals surface area contributed by atoms with Crippen molar-refractivity contribution in [2.75, 3.05) is 25.0 Å². The third kappa shape index (κ3) is 4.45. The summed E-state index contributed by atoms with van der Waals surface area (Å²) in [6.07, 6.45) is 1.24. The van der Waals surface area contributed by atoms with E-state index >= 15 is 0 Å². The minimum atomic E-state index is -0.883. The zero-order chi connectivity index (χ0) is 16.8. The molecule has 1 unspecified atom stereocenters. The van der Waals surface area contributed by atoms with Crippen molar-refractivity contribution in [3.63, 3.8) is 0 Å². The van der Waals surface area contributed by atoms with E-state index in [4.69, 9.17) is 9.84 Å². The van der Waals surface area contributed by atoms with Gasteiger partial charge in [0.1, 0.15) is 0 Å². The number of ether oxygens (including phenoxy) is 1. The fraction of sp³-hybridized carbons (Fsp3) is 0.438. The van der Waals surface area contributed by atoms with Gasteiger partial charge in [-0.3, -0.25) is 4.79 Å². The maximum atomic E-state index is 12.2. The molecule has 2 rings (SSSR count). The van der Waals surface area contributed by atoms with Gasteiger partial charge in [0, 0.05) is 18.8 Å². The summed E-state index contributed by atoms with van der Waals surface area (Å²) in [5, 5.41) is 11.8. The number of hydrogen-bond donors (Lipinski definition) is 2. The Kier molecular flexibility index (Phi) is 5.56. The van der Waals surface area contributed by atoms with Crippen LogP contribution in [0, 0.1) is 5.92 Å². The molecular weight excluding hydrogens is 300 g/mol. The Morgan fingerprint density at radius 3 is 2.87 bits per heavy atom. The number of carboxylic acids is 1. The van der Waals surface area contributed by atoms with E-state index in [2.05, 4.69) is 5.32 Å². The number of nitrogens with one attached hydrogen (secondary N) is 1. The molecule has 1 fully saturated rings. The monoisotopic (exact) mass is 320 g/mol. The molecule has 0 aliphatic carbocycles. The summed E-state index contributed by atoms with van der Waals surface area (Å²) in [4.78, 5) is 36.5. The standard InChI is InChI=1S/C16H20N2O5/c1-2-23-15(21)11-5-3-7-13(9-11)17-16(22)18-8-4-6-12(10-18)14(19)20/h3,5,7,9,12H,2,4,6,8,10H2,1H3,(H,17,22)(H,19,20). The summed E-state index contributed by atoms with van der Waals surface area (Å²) in [6.45, 7) is 2.71. The molecule has 124 valence electrons. The fourth-order valence-corrected chi connectivity index (χ4v) is 2.50. The van der Waals surface area contributed by atoms with Crippen LogP contribution < -0.4 is 5.32 Å². The number of likely N-dealkylation sites (tertiary alicyclic amines) is 1. The first kappa shape index (κ1) is 16.8. The maximum absolute atomic E-state index is 12.2. The van der Waals surface area contributed by atoms with Crippen molar-refractivity contribution in [1.82, 2.24) is 4.90 Å². The van der Waals surface area contributed by atoms with E-state index in [0.29, 0.717) is 30.6 Å². The number of aliphatic carboxylic acids is 1. The van der Waals surface area contributed by atoms with E-state index in [9.17, 15) is 14.4 Å². The predicted molar refractivity (Wildman–Crippen MR) is 83.4 cm³/mol. The molecule has 7 nitrogen and oxygen atoms in total. The van der Waals surface area contributed by atoms with Gasteiger partial charge in [0.2, 0.25) is 0 Å². The molecule has 1 heterocycles. The van der Waals surface area contributed by atoms with Crippen molar-refractivity contribution in [3.8, 4) is 0 Å². The van der Waals surface area contributed by atoms with Crippen LogP contribution >= 0.6 is 0 Å². The number of benzene rings is 1. The van der Waals surface area contributed by atoms with Crippen LogP contribution in [-0.4, -0.2) is 47.7 Å². The number of rotatable bonds is 4. The van der Waals surface area contributed by atoms with Crippen molar-refractivity contribution in [1.29, 1.82) is 0 Å². The van der Waals surface area contributed by atoms with Crippen molar-refractivity contribution >= 4 is 23.7 Å². The number of amides is 2. The molecule has 1 aromatic carbocycles. The number of carbonyl (C=O) groups is 3. The zero-order valence-electron chi connectivity index (χ0n) is 12.9. The molecular formula is C16H20N2O5. The average molecular weight is 320 g/mol. The van der Waals surface area contributed by atoms with Gasteiger partial charge in [-0.2, -0.15) is 0 Å². The second-order valence-electron chi connectivity index (χ2n) is 5.35. The van der Waals surface area contributed by atoms with E-state index in [-0.39, 0.29) is 19.2 Å². The first-order valence-corrected chi connectivity index (χ1v) is 7.57. The minimum Gasteiger partial charge on any atom is -0.481 e. The molecule has 0 bridgehead atoms. The van der Waals surface area contributed by atoms with Crippen LogP contribution in [0.25, 0.3) is 0 Å². The summed E-state index contributed by atoms with van der Waals surface area (Å²) in [5.41, 5.74) is 0.824. The van der Waals surface area contributed by atoms with Gasteiger partial charge in [-0.05, 0) is 38.0 Å². The Bertz CT molecular complexity index is 602. The highest BCUT2D eigenvalue weighted by Gasteiger charge is 2.28. The van der Waals surface area contributed by atoms with Crippen molar-refractivity contribution in [2.24, 2.45) is 5.92 Å². The lowest BCUT2D eigenvalue weighted by Crippen LogP contribution is -2.44. The van der Waals surface area contributed by atoms with Gasteiger partial charge in [-0.15, -0.1) is 0 Å². The topological polar surface area (TPSA) is 95.9 Å². The highest BCUT2D eigenvalue weighted by molar-refractivity contribution is 5.94. The molecule has 0 spiro atoms. The Hall–Kier alpha value is -2.57. The number of anilines is 1. The van der Waals surface area contributed by atoms with Gasteiger partial charge in [0.25, 0.3) is 0 Å². The van der Waals surface area contributed by atoms with Gasteiger partial charge in [-0.1, -0.05) is 6.07 Å². The van der Waals surface area contributed by atoms with Gasteiger partial charge in [-0.25, -0.2) is 9.59 Å². The van der Waals surface area contributed by atoms with E-state index in [1.54, 1.807) is 25.1 Å². The second kappa shape index (κ2) is 7.62. The first-order valence-electron chi connectivity index (χ1n) is 7.57. The van der Waals surface area contributed by atoms with Crippen LogP contribution in [-0.2, 0) is 9.53 Å². The van der Waals surface area contributed by atoms with Crippen molar-refractivity contribution in [2.45, 2.75) is 19.8 Å². The maximum Gasteiger partial charge on any atom is 0.338 e. The lowest BCUT2D eigenvalue weighted by Gasteiger charge is -2.30. The summed E-state index contributed by atoms with van der Waals surface area (Å²) in [7, 11) is 0. The number of carbonyl (C=O) groups excluding carboxylic acids is 2. The summed E-state index contributed by atoms with van der Waals surface area (Å²) < 4.78 is 4.92. The van der Waals surface area contributed by atoms with E-state index in [0.717, 1.165) is 0 Å². The number of urea groups is 1. The average Bonchev–Trinajstić information content (AvgIpc) is 2.55. The first-order chi connectivity index (χ1) is 11.0. The zero-order valence-corrected chi connectivity index (χ0v) is 12.9. The smallest absolute Gasteiger partial charge is 0.338 e. The third-order valence-electron chi connectivity index (χ3n) is 3.68. The quantitative estimate of drug-likeness (QED) is 0.829. The molecule has 1 saturated heterocycles. The Morgan fingerprint density at radius 2 is 2.17 bits per heavy atom. The van der Waals surface area contributed by atoms with E-state index < -0.39 is 17.9 Å². The van der Waals surface area contributed by atoms with Gasteiger partial charge >= 0.3 is 18.0 Å². The Balaban J connectivity index is 2.01. The van der Waals surface area contributed by atoms with E-state index in [1.165, 1.54) is 11.0 Å². The van der Waals surface area contributed by atoms with Crippen LogP contribution in [0.15, 0.2) is 24.3 Å². The molecule has 7 heteroatoms. The van der Waals surface area contributed by atoms with Crippen LogP contribution in [0.5, 0.6) is 0 Å². The molecule has 1 aliphatic rings. The number of carboxylic acid groups (broad SMARTS) is 1. The third-order valence-corrected chi connectivity index (χ3v) is 3.68. The van der Waals surface area contributed by atoms with Crippen molar-refractivity contribution in [3.05, 3.63) is 29.8 Å². The summed E-state index contributed by atoms with van der Waals surface area (Å²) >= 11 is 0. The lowest BCUT2D eigenvalue weighted by molar-refractivity contribution is -0.143. The van der Waals surface area contributed by atoms with E-state index in [1.807, 2.05) is 0 Å². The number of esters is 1. The van der Waals surface area contributed by atoms with Gasteiger partial charge in [0.15, 0.2) is 0 Å². The molecule has 23 heavy (non-hydrogen) atoms. The second-order valence-corrected chi connectivity index (χ2v) is 5.35. The molecule has 1 atom stereocenters. The normalized spacial score (nSPS) is 17.4. The summed E-state index contributed by atoms with van der Waals surface area (Å²) in [5.74, 6) is -1.86. The SMILES string of the molecule is CCOC(=O)c1cccc(NC(=O)N2CCCC(C(=O)O)C2)c1. The molecule has 0 saturated carbocycles. The number of hydrogen-bond acceptors (Lipinski definition) is 4. The van der Waals surface area contributed by atoms with Crippen LogP contribution in [0.4, 0.5) is 10.5 Å². The molecule has 0 radical (unpaired) electrons.